The fourth-order valence-corrected chi connectivity index (χ4v) is 4.35. The number of rotatable bonds is 3. The van der Waals surface area contributed by atoms with E-state index in [2.05, 4.69) is 0 Å². The number of amides is 1. The van der Waals surface area contributed by atoms with Crippen LogP contribution in [0.5, 0.6) is 0 Å². The standard InChI is InChI=1S/C20H20N2O2S/c23-19(21-12-4-1-5-13-21)16-10-8-15(9-11-16)14-22-20(24)17-6-2-3-7-18(17)25-22/h2-3,6-11H,1,4-5,12-14H2. The van der Waals surface area contributed by atoms with Gasteiger partial charge in [0.15, 0.2) is 0 Å². The number of likely N-dealkylation sites (tertiary alicyclic amines) is 1. The van der Waals surface area contributed by atoms with Gasteiger partial charge in [0.1, 0.15) is 0 Å². The first kappa shape index (κ1) is 16.1. The number of benzene rings is 2. The van der Waals surface area contributed by atoms with E-state index in [1.165, 1.54) is 18.0 Å². The summed E-state index contributed by atoms with van der Waals surface area (Å²) >= 11 is 1.48. The number of piperidine rings is 1. The van der Waals surface area contributed by atoms with Crippen molar-refractivity contribution in [3.63, 3.8) is 0 Å². The van der Waals surface area contributed by atoms with Gasteiger partial charge in [0, 0.05) is 18.7 Å². The highest BCUT2D eigenvalue weighted by Crippen LogP contribution is 2.18. The lowest BCUT2D eigenvalue weighted by Gasteiger charge is -2.26. The molecule has 0 spiro atoms. The minimum absolute atomic E-state index is 0.0501. The topological polar surface area (TPSA) is 42.3 Å². The van der Waals surface area contributed by atoms with Crippen molar-refractivity contribution in [3.05, 3.63) is 70.0 Å². The predicted molar refractivity (Wildman–Crippen MR) is 101 cm³/mol. The van der Waals surface area contributed by atoms with Gasteiger partial charge in [0.25, 0.3) is 11.5 Å². The first-order valence-corrected chi connectivity index (χ1v) is 9.47. The van der Waals surface area contributed by atoms with Crippen molar-refractivity contribution in [2.24, 2.45) is 0 Å². The van der Waals surface area contributed by atoms with Gasteiger partial charge in [-0.2, -0.15) is 0 Å². The molecule has 3 aromatic rings. The first-order chi connectivity index (χ1) is 12.2. The molecule has 1 aromatic heterocycles. The van der Waals surface area contributed by atoms with E-state index in [4.69, 9.17) is 0 Å². The molecule has 0 aliphatic carbocycles. The number of carbonyl (C=O) groups is 1. The van der Waals surface area contributed by atoms with Crippen LogP contribution in [0.2, 0.25) is 0 Å². The molecule has 0 atom stereocenters. The number of hydrogen-bond donors (Lipinski definition) is 0. The maximum atomic E-state index is 12.5. The summed E-state index contributed by atoms with van der Waals surface area (Å²) in [4.78, 5) is 26.9. The van der Waals surface area contributed by atoms with Gasteiger partial charge in [-0.15, -0.1) is 0 Å². The Bertz CT molecular complexity index is 950. The van der Waals surface area contributed by atoms with Crippen LogP contribution in [0.15, 0.2) is 53.3 Å². The summed E-state index contributed by atoms with van der Waals surface area (Å²) < 4.78 is 2.77. The van der Waals surface area contributed by atoms with E-state index < -0.39 is 0 Å². The Morgan fingerprint density at radius 2 is 1.68 bits per heavy atom. The van der Waals surface area contributed by atoms with Crippen molar-refractivity contribution in [1.82, 2.24) is 8.86 Å². The van der Waals surface area contributed by atoms with E-state index >= 15 is 0 Å². The molecule has 1 saturated heterocycles. The molecule has 0 radical (unpaired) electrons. The number of carbonyl (C=O) groups excluding carboxylic acids is 1. The zero-order valence-electron chi connectivity index (χ0n) is 14.0. The van der Waals surface area contributed by atoms with E-state index in [1.54, 1.807) is 3.96 Å². The molecule has 2 aromatic carbocycles. The molecular weight excluding hydrogens is 332 g/mol. The van der Waals surface area contributed by atoms with E-state index in [-0.39, 0.29) is 11.5 Å². The molecular formula is C20H20N2O2S. The van der Waals surface area contributed by atoms with Gasteiger partial charge in [0.2, 0.25) is 0 Å². The molecule has 0 saturated carbocycles. The third kappa shape index (κ3) is 3.24. The van der Waals surface area contributed by atoms with Crippen molar-refractivity contribution >= 4 is 27.5 Å². The highest BCUT2D eigenvalue weighted by atomic mass is 32.1. The number of aromatic nitrogens is 1. The predicted octanol–water partition coefficient (Wildman–Crippen LogP) is 3.74. The molecule has 0 unspecified atom stereocenters. The molecule has 1 aliphatic rings. The smallest absolute Gasteiger partial charge is 0.268 e. The van der Waals surface area contributed by atoms with E-state index in [9.17, 15) is 9.59 Å². The van der Waals surface area contributed by atoms with Crippen LogP contribution in [0.3, 0.4) is 0 Å². The molecule has 4 rings (SSSR count). The second kappa shape index (κ2) is 6.84. The summed E-state index contributed by atoms with van der Waals surface area (Å²) in [7, 11) is 0. The first-order valence-electron chi connectivity index (χ1n) is 8.69. The fourth-order valence-electron chi connectivity index (χ4n) is 3.32. The monoisotopic (exact) mass is 352 g/mol. The quantitative estimate of drug-likeness (QED) is 0.721. The maximum Gasteiger partial charge on any atom is 0.268 e. The van der Waals surface area contributed by atoms with Crippen molar-refractivity contribution in [3.8, 4) is 0 Å². The Labute approximate surface area is 150 Å². The minimum Gasteiger partial charge on any atom is -0.339 e. The molecule has 128 valence electrons. The molecule has 1 fully saturated rings. The molecule has 0 N–H and O–H groups in total. The highest BCUT2D eigenvalue weighted by Gasteiger charge is 2.18. The van der Waals surface area contributed by atoms with Gasteiger partial charge in [-0.1, -0.05) is 35.8 Å². The Hall–Kier alpha value is -2.40. The van der Waals surface area contributed by atoms with Gasteiger partial charge < -0.3 is 4.90 Å². The van der Waals surface area contributed by atoms with Gasteiger partial charge in [-0.05, 0) is 49.1 Å². The summed E-state index contributed by atoms with van der Waals surface area (Å²) in [6.45, 7) is 2.26. The lowest BCUT2D eigenvalue weighted by atomic mass is 10.1. The zero-order valence-corrected chi connectivity index (χ0v) is 14.8. The van der Waals surface area contributed by atoms with E-state index in [0.717, 1.165) is 47.1 Å². The average molecular weight is 352 g/mol. The van der Waals surface area contributed by atoms with Crippen molar-refractivity contribution in [1.29, 1.82) is 0 Å². The lowest BCUT2D eigenvalue weighted by Crippen LogP contribution is -2.35. The van der Waals surface area contributed by atoms with Gasteiger partial charge in [-0.25, -0.2) is 0 Å². The fraction of sp³-hybridized carbons (Fsp3) is 0.300. The van der Waals surface area contributed by atoms with Gasteiger partial charge in [0.05, 0.1) is 16.6 Å². The Balaban J connectivity index is 1.52. The largest absolute Gasteiger partial charge is 0.339 e. The van der Waals surface area contributed by atoms with Crippen LogP contribution < -0.4 is 5.56 Å². The Morgan fingerprint density at radius 1 is 0.960 bits per heavy atom. The van der Waals surface area contributed by atoms with E-state index in [0.29, 0.717) is 6.54 Å². The summed E-state index contributed by atoms with van der Waals surface area (Å²) in [5.41, 5.74) is 1.81. The Morgan fingerprint density at radius 3 is 2.40 bits per heavy atom. The summed E-state index contributed by atoms with van der Waals surface area (Å²) in [5.74, 6) is 0.116. The number of fused-ring (bicyclic) bond motifs is 1. The second-order valence-electron chi connectivity index (χ2n) is 6.48. The highest BCUT2D eigenvalue weighted by molar-refractivity contribution is 7.13. The van der Waals surface area contributed by atoms with Crippen molar-refractivity contribution in [2.45, 2.75) is 25.8 Å². The average Bonchev–Trinajstić information content (AvgIpc) is 2.98. The number of nitrogens with zero attached hydrogens (tertiary/aromatic N) is 2. The molecule has 5 heteroatoms. The molecule has 2 heterocycles. The van der Waals surface area contributed by atoms with Crippen molar-refractivity contribution in [2.75, 3.05) is 13.1 Å². The number of hydrogen-bond acceptors (Lipinski definition) is 3. The van der Waals surface area contributed by atoms with Crippen LogP contribution in [0, 0.1) is 0 Å². The maximum absolute atomic E-state index is 12.5. The third-order valence-electron chi connectivity index (χ3n) is 4.72. The second-order valence-corrected chi connectivity index (χ2v) is 7.54. The third-order valence-corrected chi connectivity index (χ3v) is 5.79. The Kier molecular flexibility index (Phi) is 4.40. The van der Waals surface area contributed by atoms with E-state index in [1.807, 2.05) is 53.4 Å². The van der Waals surface area contributed by atoms with Crippen LogP contribution in [0.1, 0.15) is 35.2 Å². The summed E-state index contributed by atoms with van der Waals surface area (Å²) in [6.07, 6.45) is 3.41. The van der Waals surface area contributed by atoms with Crippen LogP contribution in [0.25, 0.3) is 10.1 Å². The van der Waals surface area contributed by atoms with Gasteiger partial charge in [-0.3, -0.25) is 13.5 Å². The zero-order chi connectivity index (χ0) is 17.2. The molecule has 25 heavy (non-hydrogen) atoms. The summed E-state index contributed by atoms with van der Waals surface area (Å²) in [6, 6.07) is 15.3. The SMILES string of the molecule is O=C(c1ccc(Cn2sc3ccccc3c2=O)cc1)N1CCCCC1. The van der Waals surface area contributed by atoms with Gasteiger partial charge >= 0.3 is 0 Å². The normalized spacial score (nSPS) is 14.8. The van der Waals surface area contributed by atoms with Crippen LogP contribution in [-0.2, 0) is 6.54 Å². The van der Waals surface area contributed by atoms with Crippen LogP contribution >= 0.6 is 11.5 Å². The molecule has 1 amide bonds. The lowest BCUT2D eigenvalue weighted by molar-refractivity contribution is 0.0724. The summed E-state index contributed by atoms with van der Waals surface area (Å²) in [5, 5.41) is 0.768. The molecule has 1 aliphatic heterocycles. The van der Waals surface area contributed by atoms with Crippen LogP contribution in [0.4, 0.5) is 0 Å². The molecule has 0 bridgehead atoms. The molecule has 4 nitrogen and oxygen atoms in total. The van der Waals surface area contributed by atoms with Crippen molar-refractivity contribution < 1.29 is 4.79 Å². The van der Waals surface area contributed by atoms with Crippen LogP contribution in [-0.4, -0.2) is 27.9 Å². The minimum atomic E-state index is 0.0501.